The molecule has 4 saturated heterocycles. The molecule has 14 amide bonds. The number of hydrogen-bond donors (Lipinski definition) is 16. The lowest BCUT2D eigenvalue weighted by molar-refractivity contribution is -0.150. The highest BCUT2D eigenvalue weighted by Crippen LogP contribution is 2.28. The summed E-state index contributed by atoms with van der Waals surface area (Å²) in [6, 6.07) is 0.224. The van der Waals surface area contributed by atoms with Gasteiger partial charge in [0.2, 0.25) is 82.7 Å². The number of aliphatic hydroxyl groups excluding tert-OH is 1. The molecule has 5 heterocycles. The minimum Gasteiger partial charge on any atom is -0.480 e. The zero-order valence-electron chi connectivity index (χ0n) is 59.1. The van der Waals surface area contributed by atoms with E-state index in [-0.39, 0.29) is 109 Å². The molecule has 13 atom stereocenters. The number of benzene rings is 2. The highest BCUT2D eigenvalue weighted by molar-refractivity contribution is 6.00. The number of aliphatic imine (C=N–C) groups is 1. The number of aromatic amines is 1. The van der Waals surface area contributed by atoms with Gasteiger partial charge in [0, 0.05) is 83.1 Å². The van der Waals surface area contributed by atoms with Crippen molar-refractivity contribution in [2.75, 3.05) is 32.7 Å². The van der Waals surface area contributed by atoms with Gasteiger partial charge >= 0.3 is 5.97 Å². The van der Waals surface area contributed by atoms with Crippen molar-refractivity contribution in [3.63, 3.8) is 0 Å². The second kappa shape index (κ2) is 39.7. The molecule has 4 aliphatic rings. The normalized spacial score (nSPS) is 19.5. The van der Waals surface area contributed by atoms with E-state index in [9.17, 15) is 82.1 Å². The summed E-state index contributed by atoms with van der Waals surface area (Å²) in [7, 11) is 0. The standard InChI is InChI=1S/C69H98N20O17/c1-38(90)56(85-60(97)47(33-39-13-4-2-5-14-39)83-57(94)42(70)35-41-36-76-37-78-41)63(100)84-48(34-40-15-6-3-7-16-40)66(103)86-29-9-18-49(86)61(98)80-44(23-26-54(72)92)58(95)79-43(22-25-53(71)91)59(96)81-46(24-27-55(73)93)65(102)88-31-11-20-51(88)67(104)87-30-10-19-50(87)62(99)82-45(17-8-28-77-69(74)75)64(101)89-32-12-21-52(89)68(105)106/h2-7,13-16,36-38,42-52,56,90H,8-12,17-35,70H2,1H3,(H2,71,91)(H2,72,92)(H2,73,93)(H,76,78)(H,79,95)(H,80,98)(H,81,96)(H,82,99)(H,83,94)(H,84,100)(H,85,97)(H,105,106)(H4,74,75,77)/t38-,42+,43+,44+,45+,46+,47+,48+,49+,50+,51+,52+,56+/m1/s1. The minimum absolute atomic E-state index is 0.00499. The molecular formula is C69H98N20O17. The Morgan fingerprint density at radius 2 is 0.915 bits per heavy atom. The van der Waals surface area contributed by atoms with Gasteiger partial charge < -0.3 is 106 Å². The molecule has 22 N–H and O–H groups in total. The fourth-order valence-electron chi connectivity index (χ4n) is 13.5. The number of likely N-dealkylation sites (tertiary alicyclic amines) is 4. The Bertz CT molecular complexity index is 3660. The summed E-state index contributed by atoms with van der Waals surface area (Å²) in [6.45, 7) is 1.40. The Labute approximate surface area is 610 Å². The van der Waals surface area contributed by atoms with Crippen LogP contribution in [0, 0.1) is 0 Å². The van der Waals surface area contributed by atoms with Crippen LogP contribution in [0.1, 0.15) is 126 Å². The fraction of sp³-hybridized carbons (Fsp3) is 0.551. The van der Waals surface area contributed by atoms with Gasteiger partial charge in [0.25, 0.3) is 0 Å². The zero-order valence-corrected chi connectivity index (χ0v) is 59.1. The lowest BCUT2D eigenvalue weighted by Crippen LogP contribution is -2.62. The van der Waals surface area contributed by atoms with E-state index in [0.29, 0.717) is 29.7 Å². The van der Waals surface area contributed by atoms with E-state index < -0.39 is 206 Å². The van der Waals surface area contributed by atoms with Crippen molar-refractivity contribution < 1.29 is 82.1 Å². The number of imidazole rings is 1. The summed E-state index contributed by atoms with van der Waals surface area (Å²) in [5, 5.41) is 39.1. The number of nitrogens with zero attached hydrogens (tertiary/aromatic N) is 6. The number of carbonyl (C=O) groups is 15. The van der Waals surface area contributed by atoms with E-state index in [4.69, 9.17) is 34.4 Å². The molecule has 4 aliphatic heterocycles. The molecule has 576 valence electrons. The highest BCUT2D eigenvalue weighted by atomic mass is 16.4. The highest BCUT2D eigenvalue weighted by Gasteiger charge is 2.47. The van der Waals surface area contributed by atoms with Crippen LogP contribution in [0.4, 0.5) is 0 Å². The van der Waals surface area contributed by atoms with E-state index >= 15 is 0 Å². The van der Waals surface area contributed by atoms with Gasteiger partial charge in [-0.1, -0.05) is 60.7 Å². The maximum atomic E-state index is 15.0. The van der Waals surface area contributed by atoms with Crippen molar-refractivity contribution in [3.05, 3.63) is 90.0 Å². The van der Waals surface area contributed by atoms with Crippen molar-refractivity contribution in [2.45, 2.75) is 208 Å². The average Bonchev–Trinajstić information content (AvgIpc) is 1.64. The van der Waals surface area contributed by atoms with E-state index in [1.54, 1.807) is 60.7 Å². The first-order valence-electron chi connectivity index (χ1n) is 35.5. The van der Waals surface area contributed by atoms with Gasteiger partial charge in [-0.05, 0) is 102 Å². The molecule has 0 aliphatic carbocycles. The van der Waals surface area contributed by atoms with Gasteiger partial charge in [-0.15, -0.1) is 0 Å². The van der Waals surface area contributed by atoms with Crippen LogP contribution >= 0.6 is 0 Å². The smallest absolute Gasteiger partial charge is 0.326 e. The molecular weight excluding hydrogens is 1380 g/mol. The molecule has 0 saturated carbocycles. The number of primary amides is 3. The largest absolute Gasteiger partial charge is 0.480 e. The molecule has 1 aromatic heterocycles. The van der Waals surface area contributed by atoms with Crippen LogP contribution in [0.2, 0.25) is 0 Å². The number of aromatic nitrogens is 2. The molecule has 0 spiro atoms. The number of aliphatic hydroxyl groups is 1. The summed E-state index contributed by atoms with van der Waals surface area (Å²) in [4.78, 5) is 223. The van der Waals surface area contributed by atoms with Crippen LogP contribution in [0.3, 0.4) is 0 Å². The number of nitrogens with one attached hydrogen (secondary N) is 8. The number of aliphatic carboxylic acids is 1. The molecule has 37 nitrogen and oxygen atoms in total. The third-order valence-electron chi connectivity index (χ3n) is 19.0. The summed E-state index contributed by atoms with van der Waals surface area (Å²) in [5.74, 6) is -13.6. The predicted molar refractivity (Wildman–Crippen MR) is 378 cm³/mol. The van der Waals surface area contributed by atoms with Crippen LogP contribution in [0.5, 0.6) is 0 Å². The lowest BCUT2D eigenvalue weighted by atomic mass is 10.0. The first-order chi connectivity index (χ1) is 50.5. The van der Waals surface area contributed by atoms with Gasteiger partial charge in [0.15, 0.2) is 5.96 Å². The van der Waals surface area contributed by atoms with Gasteiger partial charge in [-0.3, -0.25) is 72.1 Å². The Morgan fingerprint density at radius 1 is 0.500 bits per heavy atom. The molecule has 4 fully saturated rings. The quantitative estimate of drug-likeness (QED) is 0.0144. The first kappa shape index (κ1) is 82.2. The SMILES string of the molecule is C[C@@H](O)[C@H](NC(=O)[C@H](Cc1ccccc1)NC(=O)[C@@H](N)Cc1cnc[nH]1)C(=O)N[C@@H](Cc1ccccc1)C(=O)N1CCC[C@H]1C(=O)N[C@@H](CCC(N)=O)C(=O)N[C@@H](CCC(N)=O)C(=O)N[C@@H](CCC(N)=O)C(=O)N1CCC[C@H]1C(=O)N1CCC[C@H]1C(=O)N[C@@H](CCCN=C(N)N)C(=O)N1CCC[C@H]1C(=O)O. The van der Waals surface area contributed by atoms with Crippen molar-refractivity contribution in [1.29, 1.82) is 0 Å². The number of carboxylic acids is 1. The van der Waals surface area contributed by atoms with E-state index in [0.717, 1.165) is 0 Å². The van der Waals surface area contributed by atoms with Crippen LogP contribution in [0.15, 0.2) is 78.2 Å². The molecule has 37 heteroatoms. The molecule has 3 aromatic rings. The number of amides is 14. The summed E-state index contributed by atoms with van der Waals surface area (Å²) in [6.07, 6.45) is -0.00602. The molecule has 0 radical (unpaired) electrons. The van der Waals surface area contributed by atoms with Gasteiger partial charge in [0.1, 0.15) is 66.5 Å². The predicted octanol–water partition coefficient (Wildman–Crippen LogP) is -5.56. The molecule has 2 aromatic carbocycles. The second-order valence-electron chi connectivity index (χ2n) is 26.9. The van der Waals surface area contributed by atoms with E-state index in [1.165, 1.54) is 39.0 Å². The van der Waals surface area contributed by atoms with Crippen LogP contribution in [-0.2, 0) is 91.2 Å². The summed E-state index contributed by atoms with van der Waals surface area (Å²) >= 11 is 0. The maximum Gasteiger partial charge on any atom is 0.326 e. The summed E-state index contributed by atoms with van der Waals surface area (Å²) < 4.78 is 0. The average molecular weight is 1480 g/mol. The van der Waals surface area contributed by atoms with Crippen molar-refractivity contribution in [1.82, 2.24) is 66.8 Å². The number of H-pyrrole nitrogens is 1. The lowest BCUT2D eigenvalue weighted by Gasteiger charge is -2.34. The van der Waals surface area contributed by atoms with E-state index in [1.807, 2.05) is 0 Å². The van der Waals surface area contributed by atoms with Crippen LogP contribution in [0.25, 0.3) is 0 Å². The Balaban J connectivity index is 1.05. The van der Waals surface area contributed by atoms with Crippen molar-refractivity contribution in [2.24, 2.45) is 39.4 Å². The fourth-order valence-corrected chi connectivity index (χ4v) is 13.5. The van der Waals surface area contributed by atoms with Gasteiger partial charge in [-0.25, -0.2) is 9.78 Å². The number of hydrogen-bond acceptors (Lipinski definition) is 19. The molecule has 106 heavy (non-hydrogen) atoms. The number of nitrogens with two attached hydrogens (primary N) is 6. The number of carboxylic acid groups (broad SMARTS) is 1. The van der Waals surface area contributed by atoms with E-state index in [2.05, 4.69) is 52.2 Å². The Morgan fingerprint density at radius 3 is 1.42 bits per heavy atom. The second-order valence-corrected chi connectivity index (χ2v) is 26.9. The van der Waals surface area contributed by atoms with Crippen molar-refractivity contribution in [3.8, 4) is 0 Å². The monoisotopic (exact) mass is 1480 g/mol. The maximum absolute atomic E-state index is 15.0. The summed E-state index contributed by atoms with van der Waals surface area (Å²) in [5.41, 5.74) is 35.5. The Kier molecular flexibility index (Phi) is 30.8. The molecule has 7 rings (SSSR count). The molecule has 0 unspecified atom stereocenters. The Hall–Kier alpha value is -11.1. The first-order valence-corrected chi connectivity index (χ1v) is 35.5. The number of guanidine groups is 1. The number of carbonyl (C=O) groups excluding carboxylic acids is 14. The van der Waals surface area contributed by atoms with Crippen LogP contribution < -0.4 is 71.6 Å². The number of rotatable bonds is 39. The van der Waals surface area contributed by atoms with Gasteiger partial charge in [-0.2, -0.15) is 0 Å². The third kappa shape index (κ3) is 23.7. The van der Waals surface area contributed by atoms with Gasteiger partial charge in [0.05, 0.1) is 18.5 Å². The van der Waals surface area contributed by atoms with Crippen LogP contribution in [-0.4, -0.2) is 246 Å². The molecule has 0 bridgehead atoms. The van der Waals surface area contributed by atoms with Crippen molar-refractivity contribution >= 4 is 94.6 Å². The zero-order chi connectivity index (χ0) is 77.3. The third-order valence-corrected chi connectivity index (χ3v) is 19.0. The minimum atomic E-state index is -1.74. The topological polar surface area (TPSA) is 591 Å².